The summed E-state index contributed by atoms with van der Waals surface area (Å²) in [5.41, 5.74) is 1.87. The van der Waals surface area contributed by atoms with E-state index in [1.807, 2.05) is 45.0 Å². The molecule has 37 heavy (non-hydrogen) atoms. The number of ether oxygens (including phenoxy) is 2. The summed E-state index contributed by atoms with van der Waals surface area (Å²) in [4.78, 5) is 20.6. The number of amides is 1. The molecule has 2 heterocycles. The van der Waals surface area contributed by atoms with Gasteiger partial charge < -0.3 is 19.3 Å². The molecule has 1 amide bonds. The molecule has 0 aromatic heterocycles. The molecule has 0 aliphatic carbocycles. The summed E-state index contributed by atoms with van der Waals surface area (Å²) in [7, 11) is 4.05. The van der Waals surface area contributed by atoms with Crippen molar-refractivity contribution in [1.82, 2.24) is 19.0 Å². The predicted molar refractivity (Wildman–Crippen MR) is 149 cm³/mol. The Morgan fingerprint density at radius 1 is 1.08 bits per heavy atom. The van der Waals surface area contributed by atoms with E-state index in [-0.39, 0.29) is 18.6 Å². The summed E-state index contributed by atoms with van der Waals surface area (Å²) in [6.07, 6.45) is 6.06. The molecule has 2 saturated heterocycles. The molecule has 0 radical (unpaired) electrons. The first-order valence-corrected chi connectivity index (χ1v) is 14.9. The molecule has 210 valence electrons. The third kappa shape index (κ3) is 8.48. The average Bonchev–Trinajstić information content (AvgIpc) is 2.90. The van der Waals surface area contributed by atoms with Crippen molar-refractivity contribution in [3.05, 3.63) is 23.3 Å². The molecule has 1 aromatic carbocycles. The van der Waals surface area contributed by atoms with Gasteiger partial charge in [-0.15, -0.1) is 0 Å². The van der Waals surface area contributed by atoms with Crippen LogP contribution in [0.4, 0.5) is 0 Å². The highest BCUT2D eigenvalue weighted by molar-refractivity contribution is 7.82. The van der Waals surface area contributed by atoms with Gasteiger partial charge in [-0.25, -0.2) is 8.51 Å². The van der Waals surface area contributed by atoms with Crippen molar-refractivity contribution < 1.29 is 18.5 Å². The number of carbonyl (C=O) groups is 1. The van der Waals surface area contributed by atoms with Gasteiger partial charge in [-0.05, 0) is 82.8 Å². The van der Waals surface area contributed by atoms with Crippen molar-refractivity contribution in [3.63, 3.8) is 0 Å². The second kappa shape index (κ2) is 14.6. The quantitative estimate of drug-likeness (QED) is 0.383. The van der Waals surface area contributed by atoms with E-state index in [1.165, 1.54) is 32.4 Å². The summed E-state index contributed by atoms with van der Waals surface area (Å²) in [6, 6.07) is 4.64. The Morgan fingerprint density at radius 3 is 2.30 bits per heavy atom. The minimum Gasteiger partial charge on any atom is -0.497 e. The van der Waals surface area contributed by atoms with Crippen LogP contribution in [0.5, 0.6) is 5.75 Å². The van der Waals surface area contributed by atoms with Gasteiger partial charge in [0.05, 0.1) is 18.6 Å². The number of likely N-dealkylation sites (N-methyl/N-ethyl adjacent to an activating group) is 2. The molecule has 0 bridgehead atoms. The van der Waals surface area contributed by atoms with Gasteiger partial charge in [0.25, 0.3) is 0 Å². The standard InChI is InChI=1S/C28H48N4O4S/c1-22-18-26(35-6)19-23(2)28(22)37(34)29(4)16-17-36-21-27(33)30(5)25-10-14-32(15-11-25)24(3)20-31-12-8-7-9-13-31/h18-19,24-25H,7-17,20-21H2,1-6H3. The maximum absolute atomic E-state index is 13.1. The first-order valence-electron chi connectivity index (χ1n) is 13.8. The molecular weight excluding hydrogens is 488 g/mol. The lowest BCUT2D eigenvalue weighted by Crippen LogP contribution is -2.51. The second-order valence-electron chi connectivity index (χ2n) is 10.7. The van der Waals surface area contributed by atoms with Gasteiger partial charge in [0, 0.05) is 52.4 Å². The maximum Gasteiger partial charge on any atom is 0.248 e. The van der Waals surface area contributed by atoms with Crippen molar-refractivity contribution in [2.24, 2.45) is 0 Å². The smallest absolute Gasteiger partial charge is 0.248 e. The number of piperidine rings is 2. The summed E-state index contributed by atoms with van der Waals surface area (Å²) >= 11 is 0. The topological polar surface area (TPSA) is 65.6 Å². The SMILES string of the molecule is COc1cc(C)c(S(=O)N(C)CCOCC(=O)N(C)C2CCN(C(C)CN3CCCCC3)CC2)c(C)c1. The van der Waals surface area contributed by atoms with E-state index in [0.29, 0.717) is 19.2 Å². The van der Waals surface area contributed by atoms with E-state index in [2.05, 4.69) is 16.7 Å². The van der Waals surface area contributed by atoms with Gasteiger partial charge >= 0.3 is 0 Å². The fraction of sp³-hybridized carbons (Fsp3) is 0.750. The van der Waals surface area contributed by atoms with Crippen molar-refractivity contribution in [2.75, 3.05) is 73.7 Å². The molecule has 0 N–H and O–H groups in total. The van der Waals surface area contributed by atoms with E-state index < -0.39 is 11.0 Å². The van der Waals surface area contributed by atoms with Crippen molar-refractivity contribution in [2.45, 2.75) is 69.9 Å². The fourth-order valence-corrected chi connectivity index (χ4v) is 6.77. The van der Waals surface area contributed by atoms with Crippen LogP contribution in [0.2, 0.25) is 0 Å². The van der Waals surface area contributed by atoms with E-state index in [1.54, 1.807) is 11.4 Å². The van der Waals surface area contributed by atoms with Crippen molar-refractivity contribution in [3.8, 4) is 5.75 Å². The van der Waals surface area contributed by atoms with Gasteiger partial charge in [-0.1, -0.05) is 6.42 Å². The Kier molecular flexibility index (Phi) is 11.8. The number of hydrogen-bond donors (Lipinski definition) is 0. The molecule has 0 saturated carbocycles. The molecule has 8 nitrogen and oxygen atoms in total. The first kappa shape index (κ1) is 30.0. The molecule has 1 aromatic rings. The number of rotatable bonds is 12. The lowest BCUT2D eigenvalue weighted by atomic mass is 10.0. The van der Waals surface area contributed by atoms with Crippen LogP contribution in [0.15, 0.2) is 17.0 Å². The second-order valence-corrected chi connectivity index (χ2v) is 12.3. The highest BCUT2D eigenvalue weighted by Gasteiger charge is 2.28. The lowest BCUT2D eigenvalue weighted by Gasteiger charge is -2.41. The number of aryl methyl sites for hydroxylation is 2. The van der Waals surface area contributed by atoms with Crippen LogP contribution in [-0.2, 0) is 20.5 Å². The Morgan fingerprint density at radius 2 is 1.70 bits per heavy atom. The highest BCUT2D eigenvalue weighted by atomic mass is 32.2. The molecule has 3 rings (SSSR count). The van der Waals surface area contributed by atoms with Crippen LogP contribution in [0, 0.1) is 13.8 Å². The van der Waals surface area contributed by atoms with Crippen LogP contribution < -0.4 is 4.74 Å². The number of likely N-dealkylation sites (tertiary alicyclic amines) is 2. The van der Waals surface area contributed by atoms with E-state index in [0.717, 1.165) is 54.2 Å². The zero-order valence-corrected chi connectivity index (χ0v) is 24.6. The molecule has 2 atom stereocenters. The number of nitrogens with zero attached hydrogens (tertiary/aromatic N) is 4. The molecule has 2 aliphatic heterocycles. The Hall–Kier alpha value is -1.52. The van der Waals surface area contributed by atoms with E-state index >= 15 is 0 Å². The molecule has 2 fully saturated rings. The average molecular weight is 537 g/mol. The Balaban J connectivity index is 1.36. The maximum atomic E-state index is 13.1. The predicted octanol–water partition coefficient (Wildman–Crippen LogP) is 3.08. The monoisotopic (exact) mass is 536 g/mol. The third-order valence-electron chi connectivity index (χ3n) is 7.94. The van der Waals surface area contributed by atoms with Crippen LogP contribution in [0.3, 0.4) is 0 Å². The summed E-state index contributed by atoms with van der Waals surface area (Å²) < 4.78 is 25.8. The zero-order chi connectivity index (χ0) is 26.9. The van der Waals surface area contributed by atoms with Crippen LogP contribution >= 0.6 is 0 Å². The molecule has 9 heteroatoms. The van der Waals surface area contributed by atoms with Crippen molar-refractivity contribution in [1.29, 1.82) is 0 Å². The molecule has 0 spiro atoms. The normalized spacial score (nSPS) is 19.6. The third-order valence-corrected chi connectivity index (χ3v) is 9.68. The molecular formula is C28H48N4O4S. The first-order chi connectivity index (χ1) is 17.7. The minimum absolute atomic E-state index is 0.0189. The Bertz CT molecular complexity index is 877. The number of carbonyl (C=O) groups excluding carboxylic acids is 1. The minimum atomic E-state index is -1.30. The molecule has 2 aliphatic rings. The number of methoxy groups -OCH3 is 1. The fourth-order valence-electron chi connectivity index (χ4n) is 5.55. The van der Waals surface area contributed by atoms with E-state index in [9.17, 15) is 9.00 Å². The summed E-state index contributed by atoms with van der Waals surface area (Å²) in [6.45, 7) is 12.8. The number of hydrogen-bond acceptors (Lipinski definition) is 6. The lowest BCUT2D eigenvalue weighted by molar-refractivity contribution is -0.137. The highest BCUT2D eigenvalue weighted by Crippen LogP contribution is 2.25. The molecule has 2 unspecified atom stereocenters. The van der Waals surface area contributed by atoms with Gasteiger partial charge in [-0.2, -0.15) is 0 Å². The van der Waals surface area contributed by atoms with Crippen molar-refractivity contribution >= 4 is 16.9 Å². The van der Waals surface area contributed by atoms with E-state index in [4.69, 9.17) is 9.47 Å². The van der Waals surface area contributed by atoms with Gasteiger partial charge in [0.15, 0.2) is 0 Å². The van der Waals surface area contributed by atoms with Crippen LogP contribution in [-0.4, -0.2) is 115 Å². The zero-order valence-electron chi connectivity index (χ0n) is 23.8. The van der Waals surface area contributed by atoms with Crippen LogP contribution in [0.1, 0.15) is 50.2 Å². The van der Waals surface area contributed by atoms with Crippen LogP contribution in [0.25, 0.3) is 0 Å². The van der Waals surface area contributed by atoms with Gasteiger partial charge in [0.1, 0.15) is 23.3 Å². The van der Waals surface area contributed by atoms with Gasteiger partial charge in [0.2, 0.25) is 5.91 Å². The Labute approximate surface area is 226 Å². The summed E-state index contributed by atoms with van der Waals surface area (Å²) in [5.74, 6) is 0.785. The summed E-state index contributed by atoms with van der Waals surface area (Å²) in [5, 5.41) is 0. The largest absolute Gasteiger partial charge is 0.497 e. The number of benzene rings is 1. The van der Waals surface area contributed by atoms with Gasteiger partial charge in [-0.3, -0.25) is 9.69 Å².